The van der Waals surface area contributed by atoms with Gasteiger partial charge in [-0.25, -0.2) is 4.98 Å². The maximum Gasteiger partial charge on any atom is 0.267 e. The van der Waals surface area contributed by atoms with Gasteiger partial charge in [-0.15, -0.1) is 0 Å². The second-order valence-electron chi connectivity index (χ2n) is 8.04. The highest BCUT2D eigenvalue weighted by molar-refractivity contribution is 5.98. The number of pyridine rings is 1. The molecule has 1 aliphatic rings. The van der Waals surface area contributed by atoms with Gasteiger partial charge in [0.2, 0.25) is 5.91 Å². The van der Waals surface area contributed by atoms with Crippen LogP contribution in [-0.4, -0.2) is 37.8 Å². The van der Waals surface area contributed by atoms with E-state index in [0.29, 0.717) is 47.4 Å². The first kappa shape index (κ1) is 22.1. The van der Waals surface area contributed by atoms with Crippen LogP contribution in [0.25, 0.3) is 22.5 Å². The molecule has 0 saturated heterocycles. The summed E-state index contributed by atoms with van der Waals surface area (Å²) in [5.41, 5.74) is 8.99. The number of rotatable bonds is 6. The molecule has 0 atom stereocenters. The molecule has 0 saturated carbocycles. The molecule has 3 heterocycles. The van der Waals surface area contributed by atoms with Crippen molar-refractivity contribution in [2.75, 3.05) is 6.54 Å². The Morgan fingerprint density at radius 2 is 1.77 bits per heavy atom. The van der Waals surface area contributed by atoms with E-state index < -0.39 is 5.91 Å². The summed E-state index contributed by atoms with van der Waals surface area (Å²) in [4.78, 5) is 35.3. The van der Waals surface area contributed by atoms with Crippen LogP contribution in [0, 0.1) is 0 Å². The van der Waals surface area contributed by atoms with Crippen molar-refractivity contribution in [2.24, 2.45) is 5.73 Å². The summed E-state index contributed by atoms with van der Waals surface area (Å²) >= 11 is 0. The first-order valence-corrected chi connectivity index (χ1v) is 11.1. The van der Waals surface area contributed by atoms with Crippen LogP contribution >= 0.6 is 0 Å². The number of hydrogen-bond donors (Lipinski definition) is 1. The minimum absolute atomic E-state index is 0.181. The maximum atomic E-state index is 12.5. The Morgan fingerprint density at radius 1 is 1.00 bits per heavy atom. The summed E-state index contributed by atoms with van der Waals surface area (Å²) in [6.45, 7) is 4.67. The third-order valence-corrected chi connectivity index (χ3v) is 5.88. The van der Waals surface area contributed by atoms with Gasteiger partial charge in [-0.1, -0.05) is 24.8 Å². The number of imidazole rings is 1. The lowest BCUT2D eigenvalue weighted by Gasteiger charge is -2.27. The minimum atomic E-state index is -0.586. The molecule has 2 aromatic heterocycles. The minimum Gasteiger partial charge on any atom is -0.457 e. The lowest BCUT2D eigenvalue weighted by molar-refractivity contribution is -0.127. The predicted molar refractivity (Wildman–Crippen MR) is 132 cm³/mol. The third kappa shape index (κ3) is 4.29. The molecule has 0 fully saturated rings. The van der Waals surface area contributed by atoms with Crippen molar-refractivity contribution in [3.05, 3.63) is 97.1 Å². The topological polar surface area (TPSA) is 103 Å². The standard InChI is InChI=1S/C27H23N5O3/c1-2-24(33)31-15-16-32-23(17-31)30-25(26(32)27(28)34)20-7-3-4-9-22(20)35-19-12-10-18(11-13-19)21-8-5-6-14-29-21/h2-14H,1,15-17H2,(H2,28,34). The van der Waals surface area contributed by atoms with E-state index in [-0.39, 0.29) is 12.5 Å². The molecule has 1 aliphatic heterocycles. The fourth-order valence-electron chi connectivity index (χ4n) is 4.19. The van der Waals surface area contributed by atoms with Crippen molar-refractivity contribution < 1.29 is 14.3 Å². The zero-order valence-corrected chi connectivity index (χ0v) is 18.9. The Labute approximate surface area is 202 Å². The highest BCUT2D eigenvalue weighted by Gasteiger charge is 2.29. The first-order chi connectivity index (χ1) is 17.0. The number of ether oxygens (including phenoxy) is 1. The molecule has 8 nitrogen and oxygen atoms in total. The van der Waals surface area contributed by atoms with Crippen LogP contribution in [0.3, 0.4) is 0 Å². The van der Waals surface area contributed by atoms with Gasteiger partial charge in [0.25, 0.3) is 5.91 Å². The molecule has 0 aliphatic carbocycles. The Balaban J connectivity index is 1.49. The highest BCUT2D eigenvalue weighted by atomic mass is 16.5. The van der Waals surface area contributed by atoms with Crippen molar-refractivity contribution >= 4 is 11.8 Å². The summed E-state index contributed by atoms with van der Waals surface area (Å²) in [7, 11) is 0. The molecule has 0 unspecified atom stereocenters. The monoisotopic (exact) mass is 465 g/mol. The fourth-order valence-corrected chi connectivity index (χ4v) is 4.19. The molecule has 0 radical (unpaired) electrons. The van der Waals surface area contributed by atoms with Gasteiger partial charge < -0.3 is 19.9 Å². The molecule has 0 bridgehead atoms. The van der Waals surface area contributed by atoms with Crippen LogP contribution in [0.1, 0.15) is 16.3 Å². The van der Waals surface area contributed by atoms with Crippen LogP contribution in [-0.2, 0) is 17.9 Å². The summed E-state index contributed by atoms with van der Waals surface area (Å²) in [6.07, 6.45) is 3.03. The number of para-hydroxylation sites is 1. The zero-order valence-electron chi connectivity index (χ0n) is 18.9. The van der Waals surface area contributed by atoms with Gasteiger partial charge in [-0.2, -0.15) is 0 Å². The van der Waals surface area contributed by atoms with Crippen molar-refractivity contribution in [2.45, 2.75) is 13.1 Å². The Bertz CT molecular complexity index is 1410. The molecule has 174 valence electrons. The van der Waals surface area contributed by atoms with Crippen molar-refractivity contribution in [1.82, 2.24) is 19.4 Å². The van der Waals surface area contributed by atoms with Gasteiger partial charge in [0.1, 0.15) is 28.7 Å². The molecule has 8 heteroatoms. The van der Waals surface area contributed by atoms with Gasteiger partial charge >= 0.3 is 0 Å². The zero-order chi connectivity index (χ0) is 24.4. The average molecular weight is 466 g/mol. The summed E-state index contributed by atoms with van der Waals surface area (Å²) in [5.74, 6) is 0.986. The Hall–Kier alpha value is -4.72. The van der Waals surface area contributed by atoms with E-state index in [4.69, 9.17) is 15.5 Å². The van der Waals surface area contributed by atoms with Crippen LogP contribution < -0.4 is 10.5 Å². The Kier molecular flexibility index (Phi) is 5.85. The molecule has 4 aromatic rings. The van der Waals surface area contributed by atoms with Gasteiger partial charge in [0.15, 0.2) is 0 Å². The number of amides is 2. The van der Waals surface area contributed by atoms with Crippen LogP contribution in [0.2, 0.25) is 0 Å². The number of aromatic nitrogens is 3. The molecule has 2 aromatic carbocycles. The number of hydrogen-bond acceptors (Lipinski definition) is 5. The lowest BCUT2D eigenvalue weighted by atomic mass is 10.1. The quantitative estimate of drug-likeness (QED) is 0.433. The van der Waals surface area contributed by atoms with E-state index in [1.165, 1.54) is 6.08 Å². The van der Waals surface area contributed by atoms with E-state index in [2.05, 4.69) is 11.6 Å². The van der Waals surface area contributed by atoms with Crippen LogP contribution in [0.5, 0.6) is 11.5 Å². The van der Waals surface area contributed by atoms with Gasteiger partial charge in [0.05, 0.1) is 12.2 Å². The Morgan fingerprint density at radius 3 is 2.49 bits per heavy atom. The number of carbonyl (C=O) groups excluding carboxylic acids is 2. The van der Waals surface area contributed by atoms with Gasteiger partial charge in [-0.3, -0.25) is 14.6 Å². The SMILES string of the molecule is C=CC(=O)N1CCn2c(nc(-c3ccccc3Oc3ccc(-c4ccccn4)cc3)c2C(N)=O)C1. The highest BCUT2D eigenvalue weighted by Crippen LogP contribution is 2.36. The fraction of sp³-hybridized carbons (Fsp3) is 0.111. The molecule has 5 rings (SSSR count). The van der Waals surface area contributed by atoms with E-state index in [1.807, 2.05) is 66.7 Å². The summed E-state index contributed by atoms with van der Waals surface area (Å²) in [5, 5.41) is 0. The maximum absolute atomic E-state index is 12.5. The van der Waals surface area contributed by atoms with Crippen LogP contribution in [0.15, 0.2) is 85.6 Å². The number of fused-ring (bicyclic) bond motifs is 1. The van der Waals surface area contributed by atoms with Crippen LogP contribution in [0.4, 0.5) is 0 Å². The average Bonchev–Trinajstić information content (AvgIpc) is 3.28. The number of carbonyl (C=O) groups is 2. The van der Waals surface area contributed by atoms with E-state index in [9.17, 15) is 9.59 Å². The number of benzene rings is 2. The molecule has 2 N–H and O–H groups in total. The molecular formula is C27H23N5O3. The molecule has 35 heavy (non-hydrogen) atoms. The van der Waals surface area contributed by atoms with E-state index >= 15 is 0 Å². The third-order valence-electron chi connectivity index (χ3n) is 5.88. The van der Waals surface area contributed by atoms with E-state index in [0.717, 1.165) is 11.3 Å². The number of nitrogens with zero attached hydrogens (tertiary/aromatic N) is 4. The van der Waals surface area contributed by atoms with Crippen molar-refractivity contribution in [3.63, 3.8) is 0 Å². The van der Waals surface area contributed by atoms with Crippen molar-refractivity contribution in [1.29, 1.82) is 0 Å². The van der Waals surface area contributed by atoms with Crippen molar-refractivity contribution in [3.8, 4) is 34.0 Å². The van der Waals surface area contributed by atoms with Gasteiger partial charge in [0, 0.05) is 30.4 Å². The van der Waals surface area contributed by atoms with E-state index in [1.54, 1.807) is 15.7 Å². The summed E-state index contributed by atoms with van der Waals surface area (Å²) in [6, 6.07) is 20.7. The lowest BCUT2D eigenvalue weighted by Crippen LogP contribution is -2.38. The second-order valence-corrected chi connectivity index (χ2v) is 8.04. The number of nitrogens with two attached hydrogens (primary N) is 1. The molecular weight excluding hydrogens is 442 g/mol. The predicted octanol–water partition coefficient (Wildman–Crippen LogP) is 4.03. The number of primary amides is 1. The molecule has 0 spiro atoms. The second kappa shape index (κ2) is 9.26. The normalized spacial score (nSPS) is 12.6. The smallest absolute Gasteiger partial charge is 0.267 e. The largest absolute Gasteiger partial charge is 0.457 e. The summed E-state index contributed by atoms with van der Waals surface area (Å²) < 4.78 is 7.98. The first-order valence-electron chi connectivity index (χ1n) is 11.1. The molecule has 2 amide bonds. The van der Waals surface area contributed by atoms with Gasteiger partial charge in [-0.05, 0) is 54.6 Å².